The molecule has 234 valence electrons. The van der Waals surface area contributed by atoms with Crippen LogP contribution in [0, 0.1) is 0 Å². The minimum absolute atomic E-state index is 0.619. The summed E-state index contributed by atoms with van der Waals surface area (Å²) >= 11 is 0. The number of nitrogens with zero attached hydrogens (tertiary/aromatic N) is 5. The third-order valence-electron chi connectivity index (χ3n) is 9.58. The summed E-state index contributed by atoms with van der Waals surface area (Å²) in [5.41, 5.74) is 9.48. The predicted octanol–water partition coefficient (Wildman–Crippen LogP) is 11.1. The molecule has 0 radical (unpaired) electrons. The molecule has 0 bridgehead atoms. The lowest BCUT2D eigenvalue weighted by Gasteiger charge is -2.17. The van der Waals surface area contributed by atoms with Gasteiger partial charge in [-0.1, -0.05) is 140 Å². The highest BCUT2D eigenvalue weighted by atomic mass is 15.1. The van der Waals surface area contributed by atoms with Gasteiger partial charge in [-0.05, 0) is 36.4 Å². The quantitative estimate of drug-likeness (QED) is 0.188. The van der Waals surface area contributed by atoms with Crippen molar-refractivity contribution in [2.75, 3.05) is 0 Å². The van der Waals surface area contributed by atoms with E-state index in [-0.39, 0.29) is 0 Å². The van der Waals surface area contributed by atoms with E-state index in [9.17, 15) is 0 Å². The van der Waals surface area contributed by atoms with Crippen LogP contribution in [0.2, 0.25) is 0 Å². The highest BCUT2D eigenvalue weighted by Gasteiger charge is 2.22. The fourth-order valence-electron chi connectivity index (χ4n) is 7.40. The van der Waals surface area contributed by atoms with E-state index in [4.69, 9.17) is 15.0 Å². The number of hydrogen-bond acceptors (Lipinski definition) is 3. The van der Waals surface area contributed by atoms with Crippen molar-refractivity contribution in [3.63, 3.8) is 0 Å². The van der Waals surface area contributed by atoms with E-state index in [2.05, 4.69) is 124 Å². The largest absolute Gasteiger partial charge is 0.307 e. The van der Waals surface area contributed by atoms with Gasteiger partial charge in [-0.25, -0.2) is 15.0 Å². The highest BCUT2D eigenvalue weighted by molar-refractivity contribution is 6.15. The van der Waals surface area contributed by atoms with E-state index in [0.29, 0.717) is 17.5 Å². The molecule has 0 spiro atoms. The van der Waals surface area contributed by atoms with E-state index in [1.807, 2.05) is 60.7 Å². The van der Waals surface area contributed by atoms with Crippen LogP contribution in [0.3, 0.4) is 0 Å². The summed E-state index contributed by atoms with van der Waals surface area (Å²) in [6, 6.07) is 61.4. The maximum atomic E-state index is 5.14. The first-order valence-corrected chi connectivity index (χ1v) is 16.8. The van der Waals surface area contributed by atoms with Gasteiger partial charge in [0, 0.05) is 38.2 Å². The average Bonchev–Trinajstić information content (AvgIpc) is 3.72. The Balaban J connectivity index is 1.30. The zero-order chi connectivity index (χ0) is 33.0. The zero-order valence-corrected chi connectivity index (χ0v) is 27.0. The van der Waals surface area contributed by atoms with E-state index >= 15 is 0 Å². The van der Waals surface area contributed by atoms with Crippen LogP contribution in [-0.4, -0.2) is 24.1 Å². The van der Waals surface area contributed by atoms with Crippen LogP contribution in [0.4, 0.5) is 0 Å². The van der Waals surface area contributed by atoms with E-state index in [1.54, 1.807) is 0 Å². The monoisotopic (exact) mass is 639 g/mol. The number of fused-ring (bicyclic) bond motifs is 6. The van der Waals surface area contributed by atoms with Crippen LogP contribution < -0.4 is 0 Å². The van der Waals surface area contributed by atoms with Gasteiger partial charge in [0.2, 0.25) is 0 Å². The molecule has 7 aromatic carbocycles. The third-order valence-corrected chi connectivity index (χ3v) is 9.58. The van der Waals surface area contributed by atoms with E-state index in [1.165, 1.54) is 32.6 Å². The fraction of sp³-hybridized carbons (Fsp3) is 0. The van der Waals surface area contributed by atoms with Gasteiger partial charge in [0.25, 0.3) is 0 Å². The molecular formula is C45H29N5. The van der Waals surface area contributed by atoms with Gasteiger partial charge in [-0.3, -0.25) is 0 Å². The first-order chi connectivity index (χ1) is 24.8. The molecular weight excluding hydrogens is 611 g/mol. The summed E-state index contributed by atoms with van der Waals surface area (Å²) in [4.78, 5) is 15.3. The lowest BCUT2D eigenvalue weighted by molar-refractivity contribution is 1.06. The number of aromatic nitrogens is 5. The minimum atomic E-state index is 0.619. The van der Waals surface area contributed by atoms with Crippen molar-refractivity contribution in [3.05, 3.63) is 176 Å². The molecule has 0 N–H and O–H groups in total. The number of rotatable bonds is 5. The fourth-order valence-corrected chi connectivity index (χ4v) is 7.40. The van der Waals surface area contributed by atoms with Crippen molar-refractivity contribution in [3.8, 4) is 45.5 Å². The molecule has 0 atom stereocenters. The highest BCUT2D eigenvalue weighted by Crippen LogP contribution is 2.41. The number of benzene rings is 7. The van der Waals surface area contributed by atoms with Crippen LogP contribution in [0.5, 0.6) is 0 Å². The first kappa shape index (κ1) is 28.2. The molecule has 3 aromatic heterocycles. The molecule has 0 unspecified atom stereocenters. The summed E-state index contributed by atoms with van der Waals surface area (Å²) in [6.07, 6.45) is 0. The molecule has 10 rings (SSSR count). The normalized spacial score (nSPS) is 11.6. The molecule has 50 heavy (non-hydrogen) atoms. The average molecular weight is 640 g/mol. The molecule has 0 aliphatic rings. The molecule has 0 saturated carbocycles. The molecule has 0 fully saturated rings. The summed E-state index contributed by atoms with van der Waals surface area (Å²) in [7, 11) is 0. The van der Waals surface area contributed by atoms with Gasteiger partial charge < -0.3 is 9.13 Å². The summed E-state index contributed by atoms with van der Waals surface area (Å²) in [6.45, 7) is 0. The summed E-state index contributed by atoms with van der Waals surface area (Å²) in [5.74, 6) is 1.89. The van der Waals surface area contributed by atoms with Crippen molar-refractivity contribution in [1.29, 1.82) is 0 Å². The maximum absolute atomic E-state index is 5.14. The standard InChI is InChI=1S/C45H29N5/c1-3-16-30(17-4-1)43-46-44(31-18-5-2-6-19-31)48-45(47-43)36-23-10-14-28-40(36)50-39-27-13-9-22-34(39)35-24-15-29-41(42(35)50)49-37-25-11-7-20-32(37)33-21-8-12-26-38(33)49/h1-29H. The van der Waals surface area contributed by atoms with Crippen molar-refractivity contribution in [1.82, 2.24) is 24.1 Å². The number of hydrogen-bond donors (Lipinski definition) is 0. The Labute approximate surface area is 288 Å². The van der Waals surface area contributed by atoms with Crippen molar-refractivity contribution in [2.45, 2.75) is 0 Å². The molecule has 0 aliphatic carbocycles. The van der Waals surface area contributed by atoms with Crippen LogP contribution in [0.15, 0.2) is 176 Å². The molecule has 10 aromatic rings. The molecule has 5 nitrogen and oxygen atoms in total. The second-order valence-corrected chi connectivity index (χ2v) is 12.5. The van der Waals surface area contributed by atoms with Crippen LogP contribution in [0.25, 0.3) is 89.2 Å². The summed E-state index contributed by atoms with van der Waals surface area (Å²) in [5, 5.41) is 4.83. The Hall–Kier alpha value is -6.85. The van der Waals surface area contributed by atoms with E-state index in [0.717, 1.165) is 39.1 Å². The van der Waals surface area contributed by atoms with Crippen molar-refractivity contribution in [2.24, 2.45) is 0 Å². The SMILES string of the molecule is c1ccc(-c2nc(-c3ccccc3)nc(-c3ccccc3-n3c4ccccc4c4cccc(-n5c6ccccc6c6ccccc65)c43)n2)cc1. The van der Waals surface area contributed by atoms with Crippen LogP contribution >= 0.6 is 0 Å². The van der Waals surface area contributed by atoms with E-state index < -0.39 is 0 Å². The zero-order valence-electron chi connectivity index (χ0n) is 27.0. The second-order valence-electron chi connectivity index (χ2n) is 12.5. The van der Waals surface area contributed by atoms with Crippen LogP contribution in [0.1, 0.15) is 0 Å². The Kier molecular flexibility index (Phi) is 6.42. The molecule has 5 heteroatoms. The van der Waals surface area contributed by atoms with Gasteiger partial charge in [-0.15, -0.1) is 0 Å². The van der Waals surface area contributed by atoms with Gasteiger partial charge in [-0.2, -0.15) is 0 Å². The molecule has 0 saturated heterocycles. The Morgan fingerprint density at radius 3 is 1.32 bits per heavy atom. The van der Waals surface area contributed by atoms with Gasteiger partial charge in [0.05, 0.1) is 33.4 Å². The lowest BCUT2D eigenvalue weighted by atomic mass is 10.1. The van der Waals surface area contributed by atoms with Crippen LogP contribution in [-0.2, 0) is 0 Å². The molecule has 0 aliphatic heterocycles. The molecule has 0 amide bonds. The topological polar surface area (TPSA) is 48.5 Å². The first-order valence-electron chi connectivity index (χ1n) is 16.8. The number of para-hydroxylation sites is 5. The van der Waals surface area contributed by atoms with Crippen molar-refractivity contribution >= 4 is 43.6 Å². The summed E-state index contributed by atoms with van der Waals surface area (Å²) < 4.78 is 4.81. The van der Waals surface area contributed by atoms with Crippen molar-refractivity contribution < 1.29 is 0 Å². The predicted molar refractivity (Wildman–Crippen MR) is 205 cm³/mol. The third kappa shape index (κ3) is 4.37. The minimum Gasteiger partial charge on any atom is -0.307 e. The Morgan fingerprint density at radius 2 is 0.720 bits per heavy atom. The van der Waals surface area contributed by atoms with Gasteiger partial charge in [0.15, 0.2) is 17.5 Å². The lowest BCUT2D eigenvalue weighted by Crippen LogP contribution is -2.05. The van der Waals surface area contributed by atoms with Gasteiger partial charge >= 0.3 is 0 Å². The van der Waals surface area contributed by atoms with Gasteiger partial charge in [0.1, 0.15) is 0 Å². The molecule has 3 heterocycles. The maximum Gasteiger partial charge on any atom is 0.166 e. The Bertz CT molecular complexity index is 2760. The smallest absolute Gasteiger partial charge is 0.166 e. The second kappa shape index (κ2) is 11.4. The Morgan fingerprint density at radius 1 is 0.300 bits per heavy atom.